The Morgan fingerprint density at radius 1 is 1.39 bits per heavy atom. The lowest BCUT2D eigenvalue weighted by Gasteiger charge is -2.15. The number of sulfonamides is 1. The fourth-order valence-electron chi connectivity index (χ4n) is 1.59. The van der Waals surface area contributed by atoms with E-state index >= 15 is 0 Å². The van der Waals surface area contributed by atoms with Gasteiger partial charge in [-0.3, -0.25) is 0 Å². The molecule has 7 heteroatoms. The van der Waals surface area contributed by atoms with Crippen LogP contribution in [0.5, 0.6) is 11.5 Å². The van der Waals surface area contributed by atoms with E-state index in [1.165, 1.54) is 18.2 Å². The molecule has 1 aromatic carbocycles. The molecule has 102 valence electrons. The zero-order valence-electron chi connectivity index (χ0n) is 10.1. The minimum Gasteiger partial charge on any atom is -0.508 e. The van der Waals surface area contributed by atoms with E-state index in [0.29, 0.717) is 18.5 Å². The normalized spacial score (nSPS) is 13.4. The summed E-state index contributed by atoms with van der Waals surface area (Å²) in [6.07, 6.45) is 0.392. The van der Waals surface area contributed by atoms with Crippen molar-refractivity contribution in [1.29, 1.82) is 0 Å². The SMILES string of the molecule is CC(NCCCS(N)(=O)=O)c1cc(O)ccc1O. The van der Waals surface area contributed by atoms with E-state index in [2.05, 4.69) is 5.32 Å². The Morgan fingerprint density at radius 2 is 2.06 bits per heavy atom. The van der Waals surface area contributed by atoms with Crippen LogP contribution >= 0.6 is 0 Å². The lowest BCUT2D eigenvalue weighted by molar-refractivity contribution is 0.441. The third-order valence-electron chi connectivity index (χ3n) is 2.53. The predicted octanol–water partition coefficient (Wildman–Crippen LogP) is 0.427. The number of rotatable bonds is 6. The Bertz CT molecular complexity index is 502. The number of hydrogen-bond donors (Lipinski definition) is 4. The monoisotopic (exact) mass is 274 g/mol. The van der Waals surface area contributed by atoms with Crippen molar-refractivity contribution in [1.82, 2.24) is 5.32 Å². The number of phenols is 2. The summed E-state index contributed by atoms with van der Waals surface area (Å²) in [5, 5.41) is 26.9. The van der Waals surface area contributed by atoms with Gasteiger partial charge in [0.25, 0.3) is 0 Å². The molecule has 5 N–H and O–H groups in total. The van der Waals surface area contributed by atoms with Gasteiger partial charge in [-0.15, -0.1) is 0 Å². The highest BCUT2D eigenvalue weighted by Crippen LogP contribution is 2.27. The van der Waals surface area contributed by atoms with Crippen molar-refractivity contribution in [3.63, 3.8) is 0 Å². The molecule has 6 nitrogen and oxygen atoms in total. The molecule has 1 aromatic rings. The molecule has 0 heterocycles. The maximum atomic E-state index is 10.7. The highest BCUT2D eigenvalue weighted by molar-refractivity contribution is 7.89. The molecule has 0 bridgehead atoms. The molecular formula is C11H18N2O4S. The Balaban J connectivity index is 2.50. The molecule has 0 aliphatic carbocycles. The van der Waals surface area contributed by atoms with Crippen LogP contribution in [0.2, 0.25) is 0 Å². The second-order valence-electron chi connectivity index (χ2n) is 4.14. The van der Waals surface area contributed by atoms with E-state index in [1.54, 1.807) is 0 Å². The molecule has 0 saturated carbocycles. The Kier molecular flexibility index (Phi) is 4.94. The molecule has 0 radical (unpaired) electrons. The molecular weight excluding hydrogens is 256 g/mol. The number of aromatic hydroxyl groups is 2. The molecule has 0 aliphatic heterocycles. The van der Waals surface area contributed by atoms with Crippen LogP contribution < -0.4 is 10.5 Å². The fourth-order valence-corrected chi connectivity index (χ4v) is 2.14. The second kappa shape index (κ2) is 6.03. The van der Waals surface area contributed by atoms with E-state index in [4.69, 9.17) is 5.14 Å². The molecule has 0 saturated heterocycles. The molecule has 1 atom stereocenters. The minimum atomic E-state index is -3.43. The molecule has 0 fully saturated rings. The second-order valence-corrected chi connectivity index (χ2v) is 5.87. The number of benzene rings is 1. The van der Waals surface area contributed by atoms with Crippen molar-refractivity contribution in [2.45, 2.75) is 19.4 Å². The number of hydrogen-bond acceptors (Lipinski definition) is 5. The van der Waals surface area contributed by atoms with E-state index in [9.17, 15) is 18.6 Å². The predicted molar refractivity (Wildman–Crippen MR) is 68.8 cm³/mol. The third kappa shape index (κ3) is 4.91. The quantitative estimate of drug-likeness (QED) is 0.444. The standard InChI is InChI=1S/C11H18N2O4S/c1-8(13-5-2-6-18(12,16)17)10-7-9(14)3-4-11(10)15/h3-4,7-8,13-15H,2,5-6H2,1H3,(H2,12,16,17). The molecule has 1 unspecified atom stereocenters. The zero-order valence-corrected chi connectivity index (χ0v) is 10.9. The van der Waals surface area contributed by atoms with Crippen LogP contribution in [0.1, 0.15) is 24.9 Å². The van der Waals surface area contributed by atoms with E-state index in [0.717, 1.165) is 0 Å². The van der Waals surface area contributed by atoms with E-state index in [-0.39, 0.29) is 23.3 Å². The fraction of sp³-hybridized carbons (Fsp3) is 0.455. The molecule has 0 aromatic heterocycles. The Hall–Kier alpha value is -1.31. The maximum absolute atomic E-state index is 10.7. The van der Waals surface area contributed by atoms with Gasteiger partial charge in [-0.05, 0) is 38.1 Å². The van der Waals surface area contributed by atoms with Gasteiger partial charge in [-0.25, -0.2) is 13.6 Å². The summed E-state index contributed by atoms with van der Waals surface area (Å²) in [5.74, 6) is 0.0684. The average molecular weight is 274 g/mol. The smallest absolute Gasteiger partial charge is 0.209 e. The first-order chi connectivity index (χ1) is 8.29. The first kappa shape index (κ1) is 14.7. The molecule has 0 aliphatic rings. The summed E-state index contributed by atoms with van der Waals surface area (Å²) in [6, 6.07) is 4.07. The van der Waals surface area contributed by atoms with Gasteiger partial charge in [0.1, 0.15) is 11.5 Å². The van der Waals surface area contributed by atoms with Crippen molar-refractivity contribution >= 4 is 10.0 Å². The summed E-state index contributed by atoms with van der Waals surface area (Å²) in [6.45, 7) is 2.26. The van der Waals surface area contributed by atoms with Gasteiger partial charge in [-0.2, -0.15) is 0 Å². The van der Waals surface area contributed by atoms with Crippen molar-refractivity contribution in [2.24, 2.45) is 5.14 Å². The van der Waals surface area contributed by atoms with Crippen LogP contribution in [-0.4, -0.2) is 30.9 Å². The zero-order chi connectivity index (χ0) is 13.8. The Labute approximate surface area is 106 Å². The van der Waals surface area contributed by atoms with Crippen LogP contribution in [0.4, 0.5) is 0 Å². The van der Waals surface area contributed by atoms with Crippen LogP contribution in [0.3, 0.4) is 0 Å². The van der Waals surface area contributed by atoms with E-state index < -0.39 is 10.0 Å². The van der Waals surface area contributed by atoms with Gasteiger partial charge < -0.3 is 15.5 Å². The first-order valence-corrected chi connectivity index (χ1v) is 7.27. The molecule has 0 amide bonds. The summed E-state index contributed by atoms with van der Waals surface area (Å²) in [5.41, 5.74) is 0.561. The summed E-state index contributed by atoms with van der Waals surface area (Å²) in [7, 11) is -3.43. The molecule has 1 rings (SSSR count). The van der Waals surface area contributed by atoms with Crippen LogP contribution in [0, 0.1) is 0 Å². The van der Waals surface area contributed by atoms with Crippen molar-refractivity contribution in [3.05, 3.63) is 23.8 Å². The summed E-state index contributed by atoms with van der Waals surface area (Å²) in [4.78, 5) is 0. The Morgan fingerprint density at radius 3 is 2.67 bits per heavy atom. The molecule has 0 spiro atoms. The van der Waals surface area contributed by atoms with Crippen LogP contribution in [0.15, 0.2) is 18.2 Å². The van der Waals surface area contributed by atoms with Gasteiger partial charge in [-0.1, -0.05) is 0 Å². The highest BCUT2D eigenvalue weighted by Gasteiger charge is 2.11. The lowest BCUT2D eigenvalue weighted by atomic mass is 10.1. The topological polar surface area (TPSA) is 113 Å². The summed E-state index contributed by atoms with van der Waals surface area (Å²) < 4.78 is 21.4. The minimum absolute atomic E-state index is 0.0704. The maximum Gasteiger partial charge on any atom is 0.209 e. The van der Waals surface area contributed by atoms with Crippen molar-refractivity contribution in [3.8, 4) is 11.5 Å². The molecule has 18 heavy (non-hydrogen) atoms. The average Bonchev–Trinajstić information content (AvgIpc) is 2.26. The largest absolute Gasteiger partial charge is 0.508 e. The lowest BCUT2D eigenvalue weighted by Crippen LogP contribution is -2.24. The van der Waals surface area contributed by atoms with Crippen LogP contribution in [0.25, 0.3) is 0 Å². The number of primary sulfonamides is 1. The van der Waals surface area contributed by atoms with Crippen molar-refractivity contribution in [2.75, 3.05) is 12.3 Å². The van der Waals surface area contributed by atoms with Crippen molar-refractivity contribution < 1.29 is 18.6 Å². The number of nitrogens with two attached hydrogens (primary N) is 1. The highest BCUT2D eigenvalue weighted by atomic mass is 32.2. The van der Waals surface area contributed by atoms with Crippen LogP contribution in [-0.2, 0) is 10.0 Å². The number of nitrogens with one attached hydrogen (secondary N) is 1. The van der Waals surface area contributed by atoms with Gasteiger partial charge in [0, 0.05) is 11.6 Å². The first-order valence-electron chi connectivity index (χ1n) is 5.55. The summed E-state index contributed by atoms with van der Waals surface area (Å²) >= 11 is 0. The van der Waals surface area contributed by atoms with Gasteiger partial charge >= 0.3 is 0 Å². The van der Waals surface area contributed by atoms with Gasteiger partial charge in [0.05, 0.1) is 5.75 Å². The third-order valence-corrected chi connectivity index (χ3v) is 3.39. The van der Waals surface area contributed by atoms with E-state index in [1.807, 2.05) is 6.92 Å². The van der Waals surface area contributed by atoms with Gasteiger partial charge in [0.2, 0.25) is 10.0 Å². The van der Waals surface area contributed by atoms with Gasteiger partial charge in [0.15, 0.2) is 0 Å². The number of phenolic OH excluding ortho intramolecular Hbond substituents is 2.